The second kappa shape index (κ2) is 8.82. The molecule has 5 rings (SSSR count). The second-order valence-electron chi connectivity index (χ2n) is 8.27. The van der Waals surface area contributed by atoms with Gasteiger partial charge in [0.1, 0.15) is 35.0 Å². The first-order valence-electron chi connectivity index (χ1n) is 11.0. The molecular weight excluding hydrogens is 418 g/mol. The van der Waals surface area contributed by atoms with E-state index in [1.165, 1.54) is 0 Å². The van der Waals surface area contributed by atoms with Crippen molar-refractivity contribution < 1.29 is 14.6 Å². The maximum atomic E-state index is 12.9. The van der Waals surface area contributed by atoms with Crippen LogP contribution in [0.4, 0.5) is 11.5 Å². The summed E-state index contributed by atoms with van der Waals surface area (Å²) in [6.07, 6.45) is 5.04. The lowest BCUT2D eigenvalue weighted by Crippen LogP contribution is -2.38. The quantitative estimate of drug-likeness (QED) is 0.416. The van der Waals surface area contributed by atoms with Crippen molar-refractivity contribution in [2.24, 2.45) is 5.92 Å². The molecule has 0 aliphatic carbocycles. The van der Waals surface area contributed by atoms with Gasteiger partial charge in [0.05, 0.1) is 5.39 Å². The molecule has 4 aromatic rings. The molecule has 0 spiro atoms. The molecule has 1 fully saturated rings. The summed E-state index contributed by atoms with van der Waals surface area (Å²) in [4.78, 5) is 27.2. The summed E-state index contributed by atoms with van der Waals surface area (Å²) in [5, 5.41) is 13.5. The number of phenolic OH excluding ortho intramolecular Hbond substituents is 1. The minimum Gasteiger partial charge on any atom is -0.508 e. The van der Waals surface area contributed by atoms with Crippen LogP contribution in [-0.4, -0.2) is 39.1 Å². The zero-order valence-corrected chi connectivity index (χ0v) is 18.3. The Bertz CT molecular complexity index is 1280. The number of amides is 1. The molecule has 168 valence electrons. The van der Waals surface area contributed by atoms with Crippen molar-refractivity contribution in [2.75, 3.05) is 23.3 Å². The molecule has 1 aliphatic rings. The predicted octanol–water partition coefficient (Wildman–Crippen LogP) is 4.62. The number of hydrogen-bond donors (Lipinski definition) is 3. The van der Waals surface area contributed by atoms with E-state index >= 15 is 0 Å². The van der Waals surface area contributed by atoms with Crippen molar-refractivity contribution in [1.29, 1.82) is 0 Å². The third-order valence-electron chi connectivity index (χ3n) is 5.99. The van der Waals surface area contributed by atoms with Gasteiger partial charge in [-0.15, -0.1) is 0 Å². The van der Waals surface area contributed by atoms with Gasteiger partial charge in [-0.3, -0.25) is 4.79 Å². The van der Waals surface area contributed by atoms with Gasteiger partial charge < -0.3 is 25.0 Å². The number of benzene rings is 2. The van der Waals surface area contributed by atoms with E-state index in [0.29, 0.717) is 17.2 Å². The van der Waals surface area contributed by atoms with Crippen LogP contribution in [0.2, 0.25) is 0 Å². The molecule has 8 heteroatoms. The van der Waals surface area contributed by atoms with Gasteiger partial charge in [0.2, 0.25) is 5.91 Å². The molecule has 0 unspecified atom stereocenters. The van der Waals surface area contributed by atoms with Gasteiger partial charge in [0.25, 0.3) is 0 Å². The Hall–Kier alpha value is -4.07. The molecule has 0 bridgehead atoms. The first kappa shape index (κ1) is 20.8. The number of hydrogen-bond acceptors (Lipinski definition) is 6. The van der Waals surface area contributed by atoms with Crippen molar-refractivity contribution in [3.63, 3.8) is 0 Å². The Kier molecular flexibility index (Phi) is 5.56. The first-order chi connectivity index (χ1) is 16.1. The van der Waals surface area contributed by atoms with Crippen molar-refractivity contribution in [3.8, 4) is 17.2 Å². The molecule has 3 N–H and O–H groups in total. The number of anilines is 2. The fourth-order valence-electron chi connectivity index (χ4n) is 4.22. The minimum absolute atomic E-state index is 0.0158. The standard InChI is InChI=1S/C25H25N5O3/c1-16-14-26-23-22(16)24(28-15-27-23)30-11-9-17(10-12-30)25(32)29-18-3-2-4-21(13-18)33-20-7-5-19(31)6-8-20/h2-8,13-15,17,31H,9-12H2,1H3,(H,29,32)(H,26,27,28). The summed E-state index contributed by atoms with van der Waals surface area (Å²) in [5.41, 5.74) is 2.65. The molecule has 2 aromatic carbocycles. The topological polar surface area (TPSA) is 103 Å². The number of fused-ring (bicyclic) bond motifs is 1. The third kappa shape index (κ3) is 4.45. The summed E-state index contributed by atoms with van der Waals surface area (Å²) in [6.45, 7) is 3.57. The van der Waals surface area contributed by atoms with Crippen LogP contribution in [0.3, 0.4) is 0 Å². The van der Waals surface area contributed by atoms with Crippen LogP contribution in [0.5, 0.6) is 17.2 Å². The highest BCUT2D eigenvalue weighted by molar-refractivity contribution is 5.93. The van der Waals surface area contributed by atoms with Crippen LogP contribution in [-0.2, 0) is 4.79 Å². The summed E-state index contributed by atoms with van der Waals surface area (Å²) in [5.74, 6) is 2.29. The molecule has 0 radical (unpaired) electrons. The number of rotatable bonds is 5. The van der Waals surface area contributed by atoms with Gasteiger partial charge in [-0.05, 0) is 61.7 Å². The molecule has 1 aliphatic heterocycles. The average Bonchev–Trinajstić information content (AvgIpc) is 3.22. The second-order valence-corrected chi connectivity index (χ2v) is 8.27. The van der Waals surface area contributed by atoms with Crippen molar-refractivity contribution >= 4 is 28.4 Å². The van der Waals surface area contributed by atoms with Crippen LogP contribution in [0.25, 0.3) is 11.0 Å². The molecule has 33 heavy (non-hydrogen) atoms. The maximum absolute atomic E-state index is 12.9. The van der Waals surface area contributed by atoms with Crippen LogP contribution in [0.1, 0.15) is 18.4 Å². The number of aromatic amines is 1. The minimum atomic E-state index is -0.0624. The Morgan fingerprint density at radius 3 is 2.70 bits per heavy atom. The van der Waals surface area contributed by atoms with Gasteiger partial charge in [-0.1, -0.05) is 6.07 Å². The molecule has 3 heterocycles. The van der Waals surface area contributed by atoms with E-state index in [1.807, 2.05) is 31.3 Å². The molecule has 0 atom stereocenters. The van der Waals surface area contributed by atoms with E-state index in [1.54, 1.807) is 36.7 Å². The average molecular weight is 444 g/mol. The third-order valence-corrected chi connectivity index (χ3v) is 5.99. The highest BCUT2D eigenvalue weighted by Gasteiger charge is 2.27. The molecule has 2 aromatic heterocycles. The number of nitrogens with one attached hydrogen (secondary N) is 2. The van der Waals surface area contributed by atoms with Gasteiger partial charge in [-0.25, -0.2) is 9.97 Å². The predicted molar refractivity (Wildman–Crippen MR) is 127 cm³/mol. The zero-order valence-electron chi connectivity index (χ0n) is 18.3. The lowest BCUT2D eigenvalue weighted by Gasteiger charge is -2.32. The number of carbonyl (C=O) groups excluding carboxylic acids is 1. The largest absolute Gasteiger partial charge is 0.508 e. The van der Waals surface area contributed by atoms with E-state index < -0.39 is 0 Å². The van der Waals surface area contributed by atoms with E-state index in [-0.39, 0.29) is 17.6 Å². The summed E-state index contributed by atoms with van der Waals surface area (Å²) < 4.78 is 5.82. The molecule has 8 nitrogen and oxygen atoms in total. The molecule has 0 saturated carbocycles. The molecular formula is C25H25N5O3. The number of aryl methyl sites for hydroxylation is 1. The van der Waals surface area contributed by atoms with Crippen LogP contribution < -0.4 is 15.0 Å². The number of ether oxygens (including phenoxy) is 1. The van der Waals surface area contributed by atoms with Gasteiger partial charge in [-0.2, -0.15) is 0 Å². The molecule has 1 saturated heterocycles. The first-order valence-corrected chi connectivity index (χ1v) is 11.0. The molecule has 1 amide bonds. The fourth-order valence-corrected chi connectivity index (χ4v) is 4.22. The van der Waals surface area contributed by atoms with Crippen molar-refractivity contribution in [1.82, 2.24) is 15.0 Å². The number of piperidine rings is 1. The van der Waals surface area contributed by atoms with Crippen molar-refractivity contribution in [3.05, 3.63) is 66.6 Å². The Balaban J connectivity index is 1.21. The summed E-state index contributed by atoms with van der Waals surface area (Å²) in [6, 6.07) is 13.8. The summed E-state index contributed by atoms with van der Waals surface area (Å²) in [7, 11) is 0. The highest BCUT2D eigenvalue weighted by atomic mass is 16.5. The smallest absolute Gasteiger partial charge is 0.227 e. The SMILES string of the molecule is Cc1c[nH]c2ncnc(N3CCC(C(=O)Nc4cccc(Oc5ccc(O)cc5)c4)CC3)c12. The Labute approximate surface area is 191 Å². The number of aromatic nitrogens is 3. The number of carbonyl (C=O) groups is 1. The monoisotopic (exact) mass is 443 g/mol. The van der Waals surface area contributed by atoms with E-state index in [9.17, 15) is 9.90 Å². The lowest BCUT2D eigenvalue weighted by atomic mass is 9.95. The number of phenols is 1. The van der Waals surface area contributed by atoms with E-state index in [4.69, 9.17) is 4.74 Å². The fraction of sp³-hybridized carbons (Fsp3) is 0.240. The van der Waals surface area contributed by atoms with Crippen molar-refractivity contribution in [2.45, 2.75) is 19.8 Å². The highest BCUT2D eigenvalue weighted by Crippen LogP contribution is 2.30. The lowest BCUT2D eigenvalue weighted by molar-refractivity contribution is -0.120. The Morgan fingerprint density at radius 1 is 1.12 bits per heavy atom. The Morgan fingerprint density at radius 2 is 1.91 bits per heavy atom. The van der Waals surface area contributed by atoms with Crippen LogP contribution in [0.15, 0.2) is 61.1 Å². The van der Waals surface area contributed by atoms with Gasteiger partial charge >= 0.3 is 0 Å². The van der Waals surface area contributed by atoms with Crippen LogP contribution in [0, 0.1) is 12.8 Å². The number of H-pyrrole nitrogens is 1. The van der Waals surface area contributed by atoms with E-state index in [2.05, 4.69) is 25.2 Å². The normalized spacial score (nSPS) is 14.4. The van der Waals surface area contributed by atoms with Crippen LogP contribution >= 0.6 is 0 Å². The van der Waals surface area contributed by atoms with E-state index in [0.717, 1.165) is 48.3 Å². The van der Waals surface area contributed by atoms with Gasteiger partial charge in [0.15, 0.2) is 0 Å². The number of nitrogens with zero attached hydrogens (tertiary/aromatic N) is 3. The van der Waals surface area contributed by atoms with Gasteiger partial charge in [0, 0.05) is 37.0 Å². The maximum Gasteiger partial charge on any atom is 0.227 e. The summed E-state index contributed by atoms with van der Waals surface area (Å²) >= 11 is 0. The zero-order chi connectivity index (χ0) is 22.8. The number of aromatic hydroxyl groups is 1.